The minimum atomic E-state index is 0.680. The molecule has 0 saturated carbocycles. The molecule has 142 valence electrons. The van der Waals surface area contributed by atoms with Crippen LogP contribution in [0.5, 0.6) is 0 Å². The van der Waals surface area contributed by atoms with Crippen molar-refractivity contribution < 1.29 is 0 Å². The van der Waals surface area contributed by atoms with Gasteiger partial charge < -0.3 is 10.6 Å². The Morgan fingerprint density at radius 3 is 2.81 bits per heavy atom. The molecule has 0 amide bonds. The minimum absolute atomic E-state index is 0.680. The second-order valence-electron chi connectivity index (χ2n) is 6.39. The van der Waals surface area contributed by atoms with Gasteiger partial charge in [0.05, 0.1) is 5.69 Å². The number of hydrogen-bond acceptors (Lipinski definition) is 4. The Labute approximate surface area is 159 Å². The molecule has 0 bridgehead atoms. The largest absolute Gasteiger partial charge is 0.356 e. The summed E-state index contributed by atoms with van der Waals surface area (Å²) in [5.74, 6) is 1.55. The van der Waals surface area contributed by atoms with Crippen LogP contribution >= 0.6 is 0 Å². The normalized spacial score (nSPS) is 11.6. The number of rotatable bonds is 7. The molecular formula is C19H26N8. The van der Waals surface area contributed by atoms with Gasteiger partial charge in [-0.15, -0.1) is 0 Å². The first kappa shape index (κ1) is 18.6. The molecule has 1 aromatic carbocycles. The molecule has 8 nitrogen and oxygen atoms in total. The van der Waals surface area contributed by atoms with Gasteiger partial charge in [-0.25, -0.2) is 4.98 Å². The number of aromatic amines is 1. The maximum Gasteiger partial charge on any atom is 0.191 e. The number of aliphatic imine (C=N–C) groups is 1. The number of nitrogens with zero attached hydrogens (tertiary/aromatic N) is 5. The molecule has 0 unspecified atom stereocenters. The zero-order chi connectivity index (χ0) is 19.1. The van der Waals surface area contributed by atoms with Crippen LogP contribution in [-0.4, -0.2) is 44.5 Å². The number of aromatic nitrogens is 5. The van der Waals surface area contributed by atoms with Crippen molar-refractivity contribution in [2.45, 2.75) is 33.4 Å². The van der Waals surface area contributed by atoms with Crippen LogP contribution in [0.1, 0.15) is 23.4 Å². The predicted molar refractivity (Wildman–Crippen MR) is 106 cm³/mol. The van der Waals surface area contributed by atoms with Crippen LogP contribution in [0.3, 0.4) is 0 Å². The van der Waals surface area contributed by atoms with E-state index in [0.717, 1.165) is 48.1 Å². The molecule has 2 aromatic heterocycles. The summed E-state index contributed by atoms with van der Waals surface area (Å²) in [6.07, 6.45) is 2.49. The van der Waals surface area contributed by atoms with Crippen molar-refractivity contribution in [1.82, 2.24) is 35.6 Å². The molecule has 8 heteroatoms. The highest BCUT2D eigenvalue weighted by Gasteiger charge is 2.04. The zero-order valence-corrected chi connectivity index (χ0v) is 16.0. The van der Waals surface area contributed by atoms with E-state index >= 15 is 0 Å². The molecule has 3 N–H and O–H groups in total. The van der Waals surface area contributed by atoms with Crippen LogP contribution in [-0.2, 0) is 13.1 Å². The van der Waals surface area contributed by atoms with Crippen molar-refractivity contribution in [2.75, 3.05) is 13.6 Å². The van der Waals surface area contributed by atoms with Gasteiger partial charge in [0.1, 0.15) is 6.33 Å². The lowest BCUT2D eigenvalue weighted by Gasteiger charge is -2.12. The zero-order valence-electron chi connectivity index (χ0n) is 16.0. The molecule has 27 heavy (non-hydrogen) atoms. The van der Waals surface area contributed by atoms with Crippen LogP contribution in [0, 0.1) is 13.8 Å². The van der Waals surface area contributed by atoms with Crippen LogP contribution in [0.4, 0.5) is 0 Å². The highest BCUT2D eigenvalue weighted by molar-refractivity contribution is 5.79. The maximum absolute atomic E-state index is 4.48. The predicted octanol–water partition coefficient (Wildman–Crippen LogP) is 2.04. The van der Waals surface area contributed by atoms with Gasteiger partial charge in [0.2, 0.25) is 0 Å². The summed E-state index contributed by atoms with van der Waals surface area (Å²) in [6, 6.07) is 10.3. The van der Waals surface area contributed by atoms with Crippen LogP contribution in [0.15, 0.2) is 41.7 Å². The Morgan fingerprint density at radius 2 is 2.11 bits per heavy atom. The van der Waals surface area contributed by atoms with Gasteiger partial charge in [0, 0.05) is 37.9 Å². The molecule has 2 heterocycles. The second-order valence-corrected chi connectivity index (χ2v) is 6.39. The molecule has 0 aliphatic carbocycles. The van der Waals surface area contributed by atoms with Crippen LogP contribution < -0.4 is 10.6 Å². The van der Waals surface area contributed by atoms with Crippen molar-refractivity contribution >= 4 is 5.96 Å². The summed E-state index contributed by atoms with van der Waals surface area (Å²) in [4.78, 5) is 8.48. The average Bonchev–Trinajstić information content (AvgIpc) is 3.31. The van der Waals surface area contributed by atoms with E-state index in [9.17, 15) is 0 Å². The Morgan fingerprint density at radius 1 is 1.22 bits per heavy atom. The van der Waals surface area contributed by atoms with Gasteiger partial charge in [-0.1, -0.05) is 18.2 Å². The van der Waals surface area contributed by atoms with Gasteiger partial charge in [-0.2, -0.15) is 10.2 Å². The molecule has 0 atom stereocenters. The number of hydrogen-bond donors (Lipinski definition) is 3. The van der Waals surface area contributed by atoms with Crippen LogP contribution in [0.25, 0.3) is 11.4 Å². The first-order chi connectivity index (χ1) is 13.2. The summed E-state index contributed by atoms with van der Waals surface area (Å²) in [7, 11) is 1.78. The molecule has 3 aromatic rings. The molecule has 0 saturated heterocycles. The summed E-state index contributed by atoms with van der Waals surface area (Å²) in [6.45, 7) is 6.50. The van der Waals surface area contributed by atoms with Crippen molar-refractivity contribution in [3.8, 4) is 11.4 Å². The molecule has 0 aliphatic rings. The Kier molecular flexibility index (Phi) is 6.19. The summed E-state index contributed by atoms with van der Waals surface area (Å²) >= 11 is 0. The molecule has 0 aliphatic heterocycles. The lowest BCUT2D eigenvalue weighted by atomic mass is 10.1. The van der Waals surface area contributed by atoms with Gasteiger partial charge in [-0.05, 0) is 38.0 Å². The Hall–Kier alpha value is -3.16. The third kappa shape index (κ3) is 5.16. The summed E-state index contributed by atoms with van der Waals surface area (Å²) < 4.78 is 2.04. The molecule has 3 rings (SSSR count). The monoisotopic (exact) mass is 366 g/mol. The molecule has 0 fully saturated rings. The third-order valence-electron chi connectivity index (χ3n) is 4.24. The number of guanidine groups is 1. The first-order valence-electron chi connectivity index (χ1n) is 9.06. The van der Waals surface area contributed by atoms with Gasteiger partial charge in [0.25, 0.3) is 0 Å². The lowest BCUT2D eigenvalue weighted by molar-refractivity contribution is 0.555. The minimum Gasteiger partial charge on any atom is -0.356 e. The van der Waals surface area contributed by atoms with Crippen molar-refractivity contribution in [3.63, 3.8) is 0 Å². The van der Waals surface area contributed by atoms with Gasteiger partial charge in [0.15, 0.2) is 11.8 Å². The van der Waals surface area contributed by atoms with E-state index in [4.69, 9.17) is 0 Å². The summed E-state index contributed by atoms with van der Waals surface area (Å²) in [5.41, 5.74) is 4.42. The summed E-state index contributed by atoms with van der Waals surface area (Å²) in [5, 5.41) is 18.0. The average molecular weight is 366 g/mol. The quantitative estimate of drug-likeness (QED) is 0.338. The standard InChI is InChI=1S/C19H26N8/c1-14-10-15(2)27(26-14)9-5-8-21-19(20-3)22-12-16-6-4-7-17(11-16)18-23-13-24-25-18/h4,6-7,10-11,13H,5,8-9,12H2,1-3H3,(H2,20,21,22)(H,23,24,25). The van der Waals surface area contributed by atoms with E-state index < -0.39 is 0 Å². The lowest BCUT2D eigenvalue weighted by Crippen LogP contribution is -2.37. The first-order valence-corrected chi connectivity index (χ1v) is 9.06. The van der Waals surface area contributed by atoms with Gasteiger partial charge in [-0.3, -0.25) is 14.8 Å². The topological polar surface area (TPSA) is 95.8 Å². The highest BCUT2D eigenvalue weighted by Crippen LogP contribution is 2.15. The van der Waals surface area contributed by atoms with E-state index in [1.807, 2.05) is 23.7 Å². The number of nitrogens with one attached hydrogen (secondary N) is 3. The second kappa shape index (κ2) is 8.98. The fourth-order valence-corrected chi connectivity index (χ4v) is 2.92. The maximum atomic E-state index is 4.48. The number of benzene rings is 1. The molecule has 0 spiro atoms. The van der Waals surface area contributed by atoms with E-state index in [0.29, 0.717) is 6.54 Å². The van der Waals surface area contributed by atoms with Gasteiger partial charge >= 0.3 is 0 Å². The fourth-order valence-electron chi connectivity index (χ4n) is 2.92. The highest BCUT2D eigenvalue weighted by atomic mass is 15.3. The Bertz CT molecular complexity index is 879. The van der Waals surface area contributed by atoms with E-state index in [1.165, 1.54) is 12.0 Å². The fraction of sp³-hybridized carbons (Fsp3) is 0.368. The third-order valence-corrected chi connectivity index (χ3v) is 4.24. The van der Waals surface area contributed by atoms with E-state index in [2.05, 4.69) is 61.0 Å². The number of H-pyrrole nitrogens is 1. The number of aryl methyl sites for hydroxylation is 3. The van der Waals surface area contributed by atoms with Crippen LogP contribution in [0.2, 0.25) is 0 Å². The molecule has 0 radical (unpaired) electrons. The van der Waals surface area contributed by atoms with Crippen molar-refractivity contribution in [1.29, 1.82) is 0 Å². The van der Waals surface area contributed by atoms with E-state index in [-0.39, 0.29) is 0 Å². The van der Waals surface area contributed by atoms with Crippen molar-refractivity contribution in [2.24, 2.45) is 4.99 Å². The smallest absolute Gasteiger partial charge is 0.191 e. The van der Waals surface area contributed by atoms with Crippen molar-refractivity contribution in [3.05, 3.63) is 53.6 Å². The molecular weight excluding hydrogens is 340 g/mol. The SMILES string of the molecule is CN=C(NCCCn1nc(C)cc1C)NCc1cccc(-c2ncn[nH]2)c1. The van der Waals surface area contributed by atoms with E-state index in [1.54, 1.807) is 7.05 Å². The Balaban J connectivity index is 1.45.